The summed E-state index contributed by atoms with van der Waals surface area (Å²) < 4.78 is 0. The van der Waals surface area contributed by atoms with E-state index in [9.17, 15) is 4.79 Å². The molecule has 3 N–H and O–H groups in total. The van der Waals surface area contributed by atoms with Crippen LogP contribution in [0.2, 0.25) is 0 Å². The van der Waals surface area contributed by atoms with Crippen LogP contribution in [-0.2, 0) is 11.3 Å². The number of hydrogen-bond donors (Lipinski definition) is 2. The Morgan fingerprint density at radius 1 is 1.41 bits per heavy atom. The van der Waals surface area contributed by atoms with Gasteiger partial charge in [-0.1, -0.05) is 29.8 Å². The van der Waals surface area contributed by atoms with E-state index >= 15 is 0 Å². The highest BCUT2D eigenvalue weighted by Crippen LogP contribution is 2.19. The molecule has 5 nitrogen and oxygen atoms in total. The first kappa shape index (κ1) is 16.3. The van der Waals surface area contributed by atoms with E-state index in [1.807, 2.05) is 0 Å². The molecule has 1 aromatic rings. The molecule has 0 saturated carbocycles. The number of nitrogens with two attached hydrogens (primary N) is 1. The molecule has 0 spiro atoms. The third-order valence-corrected chi connectivity index (χ3v) is 4.09. The van der Waals surface area contributed by atoms with Gasteiger partial charge in [-0.2, -0.15) is 0 Å². The number of piperidine rings is 1. The standard InChI is InChI=1S/C17H26N4O/c1-13-5-7-14(8-6-13)11-20-17(19-2)21-9-3-4-15(12-21)10-16(18)22/h5-8,15H,3-4,9-12H2,1-2H3,(H2,18,22)(H,19,20). The average molecular weight is 302 g/mol. The minimum absolute atomic E-state index is 0.213. The van der Waals surface area contributed by atoms with E-state index in [1.54, 1.807) is 7.05 Å². The number of rotatable bonds is 4. The number of carbonyl (C=O) groups excluding carboxylic acids is 1. The summed E-state index contributed by atoms with van der Waals surface area (Å²) >= 11 is 0. The minimum Gasteiger partial charge on any atom is -0.370 e. The monoisotopic (exact) mass is 302 g/mol. The van der Waals surface area contributed by atoms with Crippen LogP contribution < -0.4 is 11.1 Å². The fraction of sp³-hybridized carbons (Fsp3) is 0.529. The zero-order chi connectivity index (χ0) is 15.9. The Hall–Kier alpha value is -2.04. The van der Waals surface area contributed by atoms with Crippen molar-refractivity contribution in [2.75, 3.05) is 20.1 Å². The number of amides is 1. The number of carbonyl (C=O) groups is 1. The fourth-order valence-corrected chi connectivity index (χ4v) is 2.93. The summed E-state index contributed by atoms with van der Waals surface area (Å²) in [5.74, 6) is 1.02. The highest BCUT2D eigenvalue weighted by atomic mass is 16.1. The van der Waals surface area contributed by atoms with Crippen molar-refractivity contribution < 1.29 is 4.79 Å². The molecule has 0 aliphatic carbocycles. The molecule has 22 heavy (non-hydrogen) atoms. The van der Waals surface area contributed by atoms with Gasteiger partial charge in [0.05, 0.1) is 0 Å². The molecule has 1 amide bonds. The molecular weight excluding hydrogens is 276 g/mol. The zero-order valence-electron chi connectivity index (χ0n) is 13.5. The number of aliphatic imine (C=N–C) groups is 1. The van der Waals surface area contributed by atoms with Gasteiger partial charge in [-0.15, -0.1) is 0 Å². The van der Waals surface area contributed by atoms with Crippen LogP contribution >= 0.6 is 0 Å². The van der Waals surface area contributed by atoms with Crippen molar-refractivity contribution in [1.82, 2.24) is 10.2 Å². The van der Waals surface area contributed by atoms with Crippen LogP contribution in [0, 0.1) is 12.8 Å². The Kier molecular flexibility index (Phi) is 5.81. The maximum Gasteiger partial charge on any atom is 0.217 e. The third kappa shape index (κ3) is 4.76. The molecule has 1 aliphatic rings. The number of benzene rings is 1. The van der Waals surface area contributed by atoms with Crippen molar-refractivity contribution >= 4 is 11.9 Å². The number of nitrogens with one attached hydrogen (secondary N) is 1. The molecule has 0 bridgehead atoms. The Morgan fingerprint density at radius 3 is 2.77 bits per heavy atom. The molecule has 1 aromatic carbocycles. The Morgan fingerprint density at radius 2 is 2.14 bits per heavy atom. The summed E-state index contributed by atoms with van der Waals surface area (Å²) in [5.41, 5.74) is 7.82. The molecule has 1 fully saturated rings. The second kappa shape index (κ2) is 7.82. The number of hydrogen-bond acceptors (Lipinski definition) is 2. The quantitative estimate of drug-likeness (QED) is 0.656. The summed E-state index contributed by atoms with van der Waals surface area (Å²) in [6, 6.07) is 8.48. The fourth-order valence-electron chi connectivity index (χ4n) is 2.93. The number of nitrogens with zero attached hydrogens (tertiary/aromatic N) is 2. The highest BCUT2D eigenvalue weighted by molar-refractivity contribution is 5.80. The van der Waals surface area contributed by atoms with Gasteiger partial charge in [0, 0.05) is 33.1 Å². The maximum absolute atomic E-state index is 11.1. The van der Waals surface area contributed by atoms with E-state index in [4.69, 9.17) is 5.73 Å². The van der Waals surface area contributed by atoms with Gasteiger partial charge in [-0.3, -0.25) is 9.79 Å². The van der Waals surface area contributed by atoms with E-state index in [0.717, 1.165) is 38.4 Å². The van der Waals surface area contributed by atoms with Crippen molar-refractivity contribution in [1.29, 1.82) is 0 Å². The second-order valence-electron chi connectivity index (χ2n) is 6.01. The topological polar surface area (TPSA) is 70.7 Å². The van der Waals surface area contributed by atoms with E-state index in [-0.39, 0.29) is 5.91 Å². The van der Waals surface area contributed by atoms with E-state index in [1.165, 1.54) is 11.1 Å². The van der Waals surface area contributed by atoms with Gasteiger partial charge in [0.1, 0.15) is 0 Å². The summed E-state index contributed by atoms with van der Waals surface area (Å²) in [7, 11) is 1.80. The van der Waals surface area contributed by atoms with Crippen molar-refractivity contribution in [3.05, 3.63) is 35.4 Å². The van der Waals surface area contributed by atoms with Gasteiger partial charge >= 0.3 is 0 Å². The molecule has 1 saturated heterocycles. The zero-order valence-corrected chi connectivity index (χ0v) is 13.5. The Labute approximate surface area is 132 Å². The van der Waals surface area contributed by atoms with E-state index in [2.05, 4.69) is 46.4 Å². The van der Waals surface area contributed by atoms with Gasteiger partial charge in [0.15, 0.2) is 5.96 Å². The van der Waals surface area contributed by atoms with Crippen LogP contribution in [0.15, 0.2) is 29.3 Å². The summed E-state index contributed by atoms with van der Waals surface area (Å²) in [5, 5.41) is 3.41. The van der Waals surface area contributed by atoms with Crippen LogP contribution in [0.25, 0.3) is 0 Å². The Bertz CT molecular complexity index is 524. The molecule has 0 aromatic heterocycles. The maximum atomic E-state index is 11.1. The molecule has 1 atom stereocenters. The summed E-state index contributed by atoms with van der Waals surface area (Å²) in [6.45, 7) is 4.66. The van der Waals surface area contributed by atoms with Gasteiger partial charge in [0.2, 0.25) is 5.91 Å². The normalized spacial score (nSPS) is 19.1. The number of primary amides is 1. The lowest BCUT2D eigenvalue weighted by Crippen LogP contribution is -2.46. The molecule has 120 valence electrons. The van der Waals surface area contributed by atoms with Crippen LogP contribution in [0.4, 0.5) is 0 Å². The largest absolute Gasteiger partial charge is 0.370 e. The molecule has 0 radical (unpaired) electrons. The smallest absolute Gasteiger partial charge is 0.217 e. The van der Waals surface area contributed by atoms with Crippen molar-refractivity contribution in [2.24, 2.45) is 16.6 Å². The van der Waals surface area contributed by atoms with Gasteiger partial charge in [-0.25, -0.2) is 0 Å². The highest BCUT2D eigenvalue weighted by Gasteiger charge is 2.23. The van der Waals surface area contributed by atoms with Gasteiger partial charge in [-0.05, 0) is 31.2 Å². The number of guanidine groups is 1. The summed E-state index contributed by atoms with van der Waals surface area (Å²) in [4.78, 5) is 17.7. The molecule has 1 aliphatic heterocycles. The first-order chi connectivity index (χ1) is 10.6. The molecule has 5 heteroatoms. The van der Waals surface area contributed by atoms with Crippen LogP contribution in [0.3, 0.4) is 0 Å². The Balaban J connectivity index is 1.90. The lowest BCUT2D eigenvalue weighted by molar-refractivity contribution is -0.119. The minimum atomic E-state index is -0.213. The second-order valence-corrected chi connectivity index (χ2v) is 6.01. The van der Waals surface area contributed by atoms with Crippen LogP contribution in [-0.4, -0.2) is 36.9 Å². The van der Waals surface area contributed by atoms with Crippen molar-refractivity contribution in [2.45, 2.75) is 32.7 Å². The van der Waals surface area contributed by atoms with Crippen molar-refractivity contribution in [3.63, 3.8) is 0 Å². The van der Waals surface area contributed by atoms with Crippen LogP contribution in [0.1, 0.15) is 30.4 Å². The first-order valence-electron chi connectivity index (χ1n) is 7.88. The number of aryl methyl sites for hydroxylation is 1. The van der Waals surface area contributed by atoms with E-state index < -0.39 is 0 Å². The lowest BCUT2D eigenvalue weighted by Gasteiger charge is -2.34. The van der Waals surface area contributed by atoms with Crippen LogP contribution in [0.5, 0.6) is 0 Å². The molecule has 1 heterocycles. The molecular formula is C17H26N4O. The third-order valence-electron chi connectivity index (χ3n) is 4.09. The van der Waals surface area contributed by atoms with Gasteiger partial charge in [0.25, 0.3) is 0 Å². The predicted octanol–water partition coefficient (Wildman–Crippen LogP) is 1.66. The average Bonchev–Trinajstić information content (AvgIpc) is 2.49. The first-order valence-corrected chi connectivity index (χ1v) is 7.88. The molecule has 1 unspecified atom stereocenters. The van der Waals surface area contributed by atoms with Crippen molar-refractivity contribution in [3.8, 4) is 0 Å². The predicted molar refractivity (Wildman–Crippen MR) is 89.5 cm³/mol. The number of likely N-dealkylation sites (tertiary alicyclic amines) is 1. The van der Waals surface area contributed by atoms with Gasteiger partial charge < -0.3 is 16.0 Å². The lowest BCUT2D eigenvalue weighted by atomic mass is 9.95. The van der Waals surface area contributed by atoms with E-state index in [0.29, 0.717) is 12.3 Å². The molecule has 2 rings (SSSR count). The SMILES string of the molecule is CN=C(NCc1ccc(C)cc1)N1CCCC(CC(N)=O)C1. The summed E-state index contributed by atoms with van der Waals surface area (Å²) in [6.07, 6.45) is 2.60.